The van der Waals surface area contributed by atoms with E-state index in [1.807, 2.05) is 18.3 Å². The van der Waals surface area contributed by atoms with E-state index in [1.165, 1.54) is 33.8 Å². The number of nitrogens with one attached hydrogen (secondary N) is 1. The zero-order valence-electron chi connectivity index (χ0n) is 18.4. The molecule has 4 nitrogen and oxygen atoms in total. The van der Waals surface area contributed by atoms with Crippen LogP contribution in [0.15, 0.2) is 48.7 Å². The molecule has 1 N–H and O–H groups in total. The van der Waals surface area contributed by atoms with E-state index < -0.39 is 0 Å². The summed E-state index contributed by atoms with van der Waals surface area (Å²) in [6.07, 6.45) is 2.90. The Hall–Kier alpha value is -2.66. The van der Waals surface area contributed by atoms with Gasteiger partial charge in [0.05, 0.1) is 17.8 Å². The van der Waals surface area contributed by atoms with Crippen LogP contribution in [-0.2, 0) is 0 Å². The van der Waals surface area contributed by atoms with Crippen LogP contribution < -0.4 is 5.32 Å². The smallest absolute Gasteiger partial charge is 0.170 e. The van der Waals surface area contributed by atoms with Gasteiger partial charge in [0.25, 0.3) is 0 Å². The molecule has 2 aromatic heterocycles. The van der Waals surface area contributed by atoms with Crippen molar-refractivity contribution in [2.24, 2.45) is 0 Å². The average molecular weight is 419 g/mol. The number of aryl methyl sites for hydroxylation is 3. The normalized spacial score (nSPS) is 18.7. The van der Waals surface area contributed by atoms with E-state index in [2.05, 4.69) is 84.7 Å². The highest BCUT2D eigenvalue weighted by Gasteiger charge is 2.40. The highest BCUT2D eigenvalue weighted by molar-refractivity contribution is 7.80. The van der Waals surface area contributed by atoms with Gasteiger partial charge in [0.15, 0.2) is 5.11 Å². The fraction of sp³-hybridized carbons (Fsp3) is 0.360. The summed E-state index contributed by atoms with van der Waals surface area (Å²) in [5.41, 5.74) is 8.64. The van der Waals surface area contributed by atoms with Crippen LogP contribution >= 0.6 is 12.2 Å². The van der Waals surface area contributed by atoms with Crippen LogP contribution in [0.5, 0.6) is 0 Å². The van der Waals surface area contributed by atoms with Crippen molar-refractivity contribution in [3.05, 3.63) is 82.4 Å². The summed E-state index contributed by atoms with van der Waals surface area (Å²) in [5.74, 6) is 0. The first-order valence-corrected chi connectivity index (χ1v) is 11.1. The van der Waals surface area contributed by atoms with Gasteiger partial charge in [-0.05, 0) is 87.3 Å². The Kier molecular flexibility index (Phi) is 5.65. The maximum Gasteiger partial charge on any atom is 0.170 e. The van der Waals surface area contributed by atoms with Gasteiger partial charge < -0.3 is 14.8 Å². The monoisotopic (exact) mass is 418 g/mol. The average Bonchev–Trinajstić information content (AvgIpc) is 3.21. The molecular formula is C25H30N4S. The lowest BCUT2D eigenvalue weighted by Gasteiger charge is -2.28. The minimum Gasteiger partial charge on any atom is -0.352 e. The van der Waals surface area contributed by atoms with Crippen molar-refractivity contribution in [1.82, 2.24) is 19.8 Å². The van der Waals surface area contributed by atoms with Crippen LogP contribution in [0.3, 0.4) is 0 Å². The van der Waals surface area contributed by atoms with Gasteiger partial charge in [-0.1, -0.05) is 25.1 Å². The Morgan fingerprint density at radius 1 is 1.07 bits per heavy atom. The quantitative estimate of drug-likeness (QED) is 0.556. The van der Waals surface area contributed by atoms with Crippen LogP contribution in [0.4, 0.5) is 0 Å². The largest absolute Gasteiger partial charge is 0.352 e. The molecule has 3 heterocycles. The lowest BCUT2D eigenvalue weighted by molar-refractivity contribution is 0.316. The molecule has 5 heteroatoms. The van der Waals surface area contributed by atoms with Crippen molar-refractivity contribution in [1.29, 1.82) is 0 Å². The predicted octanol–water partition coefficient (Wildman–Crippen LogP) is 5.49. The summed E-state index contributed by atoms with van der Waals surface area (Å²) in [4.78, 5) is 6.99. The molecular weight excluding hydrogens is 388 g/mol. The van der Waals surface area contributed by atoms with Gasteiger partial charge in [0, 0.05) is 29.8 Å². The van der Waals surface area contributed by atoms with Crippen LogP contribution in [-0.4, -0.2) is 26.1 Å². The van der Waals surface area contributed by atoms with E-state index in [1.54, 1.807) is 0 Å². The fourth-order valence-corrected chi connectivity index (χ4v) is 4.98. The zero-order chi connectivity index (χ0) is 21.4. The Morgan fingerprint density at radius 2 is 1.87 bits per heavy atom. The van der Waals surface area contributed by atoms with Gasteiger partial charge >= 0.3 is 0 Å². The van der Waals surface area contributed by atoms with Crippen molar-refractivity contribution in [3.63, 3.8) is 0 Å². The molecule has 0 spiro atoms. The number of nitrogens with zero attached hydrogens (tertiary/aromatic N) is 3. The van der Waals surface area contributed by atoms with Gasteiger partial charge in [-0.3, -0.25) is 4.98 Å². The van der Waals surface area contributed by atoms with Crippen molar-refractivity contribution < 1.29 is 0 Å². The Bertz CT molecular complexity index is 1070. The molecule has 0 bridgehead atoms. The maximum absolute atomic E-state index is 5.75. The minimum absolute atomic E-state index is 0.0396. The van der Waals surface area contributed by atoms with Crippen molar-refractivity contribution in [2.45, 2.75) is 53.1 Å². The summed E-state index contributed by atoms with van der Waals surface area (Å²) in [7, 11) is 0. The molecule has 0 amide bonds. The molecule has 1 aliphatic heterocycles. The second-order valence-electron chi connectivity index (χ2n) is 8.27. The van der Waals surface area contributed by atoms with Crippen molar-refractivity contribution in [3.8, 4) is 5.69 Å². The van der Waals surface area contributed by atoms with Crippen LogP contribution in [0, 0.1) is 27.7 Å². The summed E-state index contributed by atoms with van der Waals surface area (Å²) in [5, 5.41) is 4.37. The summed E-state index contributed by atoms with van der Waals surface area (Å²) >= 11 is 5.75. The number of aromatic nitrogens is 2. The number of rotatable bonds is 5. The first-order valence-electron chi connectivity index (χ1n) is 10.7. The van der Waals surface area contributed by atoms with Crippen LogP contribution in [0.2, 0.25) is 0 Å². The molecule has 30 heavy (non-hydrogen) atoms. The SMILES string of the molecule is CCCN1C(=S)N[C@H](c2ccccn2)[C@H]1c1cc(C)n(-c2cc(C)ccc2C)c1C. The number of benzene rings is 1. The first kappa shape index (κ1) is 20.6. The maximum atomic E-state index is 5.75. The van der Waals surface area contributed by atoms with E-state index in [0.717, 1.165) is 23.8 Å². The molecule has 1 fully saturated rings. The molecule has 4 rings (SSSR count). The lowest BCUT2D eigenvalue weighted by atomic mass is 9.96. The predicted molar refractivity (Wildman–Crippen MR) is 127 cm³/mol. The molecule has 3 aromatic rings. The highest BCUT2D eigenvalue weighted by atomic mass is 32.1. The second-order valence-corrected chi connectivity index (χ2v) is 8.66. The molecule has 1 aliphatic rings. The molecule has 1 aromatic carbocycles. The topological polar surface area (TPSA) is 33.1 Å². The van der Waals surface area contributed by atoms with Crippen LogP contribution in [0.25, 0.3) is 5.69 Å². The zero-order valence-corrected chi connectivity index (χ0v) is 19.3. The number of pyridine rings is 1. The molecule has 0 unspecified atom stereocenters. The summed E-state index contributed by atoms with van der Waals surface area (Å²) < 4.78 is 2.39. The van der Waals surface area contributed by atoms with E-state index in [9.17, 15) is 0 Å². The third-order valence-electron chi connectivity index (χ3n) is 6.06. The Labute approximate surface area is 184 Å². The number of thiocarbonyl (C=S) groups is 1. The summed E-state index contributed by atoms with van der Waals surface area (Å²) in [6, 6.07) is 15.2. The summed E-state index contributed by atoms with van der Waals surface area (Å²) in [6.45, 7) is 11.9. The van der Waals surface area contributed by atoms with Gasteiger partial charge in [-0.2, -0.15) is 0 Å². The Morgan fingerprint density at radius 3 is 2.57 bits per heavy atom. The Balaban J connectivity index is 1.86. The van der Waals surface area contributed by atoms with E-state index in [-0.39, 0.29) is 12.1 Å². The number of hydrogen-bond donors (Lipinski definition) is 1. The standard InChI is InChI=1S/C25H30N4S/c1-6-13-28-24(23(27-25(28)30)21-9-7-8-12-26-21)20-15-18(4)29(19(20)5)22-14-16(2)10-11-17(22)3/h7-12,14-15,23-24H,6,13H2,1-5H3,(H,27,30)/t23-,24-/m1/s1. The van der Waals surface area contributed by atoms with E-state index >= 15 is 0 Å². The minimum atomic E-state index is 0.0396. The van der Waals surface area contributed by atoms with Crippen molar-refractivity contribution in [2.75, 3.05) is 6.54 Å². The van der Waals surface area contributed by atoms with E-state index in [0.29, 0.717) is 0 Å². The van der Waals surface area contributed by atoms with Gasteiger partial charge in [-0.15, -0.1) is 0 Å². The highest BCUT2D eigenvalue weighted by Crippen LogP contribution is 2.41. The van der Waals surface area contributed by atoms with Gasteiger partial charge in [0.2, 0.25) is 0 Å². The molecule has 1 saturated heterocycles. The third-order valence-corrected chi connectivity index (χ3v) is 6.41. The molecule has 0 radical (unpaired) electrons. The van der Waals surface area contributed by atoms with E-state index in [4.69, 9.17) is 12.2 Å². The molecule has 156 valence electrons. The fourth-order valence-electron chi connectivity index (χ4n) is 4.64. The molecule has 0 aliphatic carbocycles. The molecule has 0 saturated carbocycles. The molecule has 2 atom stereocenters. The van der Waals surface area contributed by atoms with Gasteiger partial charge in [0.1, 0.15) is 0 Å². The van der Waals surface area contributed by atoms with Crippen LogP contribution in [0.1, 0.15) is 59.2 Å². The second kappa shape index (κ2) is 8.23. The third kappa shape index (κ3) is 3.52. The lowest BCUT2D eigenvalue weighted by Crippen LogP contribution is -2.30. The van der Waals surface area contributed by atoms with Crippen molar-refractivity contribution >= 4 is 17.3 Å². The van der Waals surface area contributed by atoms with Gasteiger partial charge in [-0.25, -0.2) is 0 Å². The first-order chi connectivity index (χ1) is 14.4. The number of hydrogen-bond acceptors (Lipinski definition) is 2.